The van der Waals surface area contributed by atoms with Crippen LogP contribution in [0.15, 0.2) is 6.20 Å². The zero-order chi connectivity index (χ0) is 10.2. The van der Waals surface area contributed by atoms with Crippen LogP contribution in [-0.4, -0.2) is 9.55 Å². The average Bonchev–Trinajstić information content (AvgIpc) is 2.84. The van der Waals surface area contributed by atoms with Crippen molar-refractivity contribution in [3.8, 4) is 0 Å². The minimum Gasteiger partial charge on any atom is -0.337 e. The minimum absolute atomic E-state index is 0.583. The summed E-state index contributed by atoms with van der Waals surface area (Å²) in [6.07, 6.45) is 7.40. The first-order chi connectivity index (χ1) is 6.67. The summed E-state index contributed by atoms with van der Waals surface area (Å²) >= 11 is 5.26. The number of aromatic nitrogens is 2. The molecular weight excluding hydrogens is 192 g/mol. The fourth-order valence-electron chi connectivity index (χ4n) is 2.21. The van der Waals surface area contributed by atoms with E-state index in [2.05, 4.69) is 23.4 Å². The molecular formula is C11H18N2S. The molecule has 14 heavy (non-hydrogen) atoms. The van der Waals surface area contributed by atoms with Gasteiger partial charge in [-0.1, -0.05) is 13.3 Å². The van der Waals surface area contributed by atoms with Gasteiger partial charge < -0.3 is 9.55 Å². The summed E-state index contributed by atoms with van der Waals surface area (Å²) in [7, 11) is 0. The third kappa shape index (κ3) is 1.78. The van der Waals surface area contributed by atoms with Crippen LogP contribution in [0.3, 0.4) is 0 Å². The number of imidazole rings is 1. The summed E-state index contributed by atoms with van der Waals surface area (Å²) in [6, 6.07) is 0. The van der Waals surface area contributed by atoms with Gasteiger partial charge in [0.2, 0.25) is 0 Å². The second kappa shape index (κ2) is 3.54. The first kappa shape index (κ1) is 9.97. The molecule has 0 aromatic carbocycles. The molecule has 2 nitrogen and oxygen atoms in total. The summed E-state index contributed by atoms with van der Waals surface area (Å²) in [5.74, 6) is 0. The molecule has 1 aromatic heterocycles. The molecule has 0 spiro atoms. The van der Waals surface area contributed by atoms with Crippen molar-refractivity contribution in [2.24, 2.45) is 5.41 Å². The van der Waals surface area contributed by atoms with E-state index in [0.717, 1.165) is 11.3 Å². The van der Waals surface area contributed by atoms with Crippen molar-refractivity contribution in [1.82, 2.24) is 9.55 Å². The zero-order valence-corrected chi connectivity index (χ0v) is 9.78. The Morgan fingerprint density at radius 3 is 2.71 bits per heavy atom. The lowest BCUT2D eigenvalue weighted by atomic mass is 10.0. The van der Waals surface area contributed by atoms with Crippen molar-refractivity contribution in [3.63, 3.8) is 0 Å². The molecule has 3 heteroatoms. The second-order valence-electron chi connectivity index (χ2n) is 4.57. The fraction of sp³-hybridized carbons (Fsp3) is 0.727. The molecule has 1 saturated carbocycles. The van der Waals surface area contributed by atoms with Gasteiger partial charge in [0, 0.05) is 18.4 Å². The Bertz CT molecular complexity index is 371. The smallest absolute Gasteiger partial charge is 0.177 e. The van der Waals surface area contributed by atoms with Crippen LogP contribution < -0.4 is 0 Å². The van der Waals surface area contributed by atoms with E-state index < -0.39 is 0 Å². The highest BCUT2D eigenvalue weighted by atomic mass is 32.1. The van der Waals surface area contributed by atoms with Gasteiger partial charge >= 0.3 is 0 Å². The lowest BCUT2D eigenvalue weighted by molar-refractivity contribution is 0.382. The molecule has 2 rings (SSSR count). The average molecular weight is 210 g/mol. The van der Waals surface area contributed by atoms with Crippen molar-refractivity contribution in [1.29, 1.82) is 0 Å². The number of hydrogen-bond donors (Lipinski definition) is 1. The first-order valence-corrected chi connectivity index (χ1v) is 5.82. The van der Waals surface area contributed by atoms with Gasteiger partial charge in [-0.3, -0.25) is 0 Å². The molecule has 1 N–H and O–H groups in total. The number of nitrogens with one attached hydrogen (secondary N) is 1. The van der Waals surface area contributed by atoms with E-state index in [1.54, 1.807) is 0 Å². The third-order valence-electron chi connectivity index (χ3n) is 3.31. The van der Waals surface area contributed by atoms with Crippen LogP contribution in [0.5, 0.6) is 0 Å². The van der Waals surface area contributed by atoms with Crippen LogP contribution in [0.25, 0.3) is 0 Å². The molecule has 78 valence electrons. The van der Waals surface area contributed by atoms with Gasteiger partial charge in [0.25, 0.3) is 0 Å². The summed E-state index contributed by atoms with van der Waals surface area (Å²) in [6.45, 7) is 5.51. The molecule has 0 radical (unpaired) electrons. The van der Waals surface area contributed by atoms with E-state index in [1.807, 2.05) is 6.20 Å². The predicted molar refractivity (Wildman–Crippen MR) is 60.9 cm³/mol. The Hall–Kier alpha value is -0.570. The summed E-state index contributed by atoms with van der Waals surface area (Å²) in [4.78, 5) is 3.11. The monoisotopic (exact) mass is 210 g/mol. The molecule has 1 aliphatic carbocycles. The second-order valence-corrected chi connectivity index (χ2v) is 4.96. The molecule has 0 amide bonds. The van der Waals surface area contributed by atoms with Gasteiger partial charge in [0.15, 0.2) is 4.77 Å². The van der Waals surface area contributed by atoms with Gasteiger partial charge in [0.1, 0.15) is 0 Å². The van der Waals surface area contributed by atoms with Crippen LogP contribution in [0.2, 0.25) is 0 Å². The predicted octanol–water partition coefficient (Wildman–Crippen LogP) is 3.43. The summed E-state index contributed by atoms with van der Waals surface area (Å²) in [5.41, 5.74) is 1.84. The maximum Gasteiger partial charge on any atom is 0.177 e. The highest BCUT2D eigenvalue weighted by Gasteiger charge is 2.41. The van der Waals surface area contributed by atoms with E-state index in [1.165, 1.54) is 31.4 Å². The number of H-pyrrole nitrogens is 1. The lowest BCUT2D eigenvalue weighted by Crippen LogP contribution is -2.12. The Morgan fingerprint density at radius 2 is 2.29 bits per heavy atom. The van der Waals surface area contributed by atoms with Gasteiger partial charge in [-0.25, -0.2) is 0 Å². The third-order valence-corrected chi connectivity index (χ3v) is 3.64. The Kier molecular flexibility index (Phi) is 2.52. The fourth-order valence-corrected chi connectivity index (χ4v) is 2.48. The van der Waals surface area contributed by atoms with Gasteiger partial charge in [-0.2, -0.15) is 0 Å². The molecule has 0 saturated heterocycles. The van der Waals surface area contributed by atoms with Crippen LogP contribution in [0.4, 0.5) is 0 Å². The van der Waals surface area contributed by atoms with Crippen LogP contribution in [0, 0.1) is 17.1 Å². The number of rotatable bonds is 4. The molecule has 1 heterocycles. The summed E-state index contributed by atoms with van der Waals surface area (Å²) in [5, 5.41) is 0. The maximum absolute atomic E-state index is 5.26. The Balaban J connectivity index is 2.14. The molecule has 0 unspecified atom stereocenters. The number of aromatic amines is 1. The molecule has 0 atom stereocenters. The van der Waals surface area contributed by atoms with Crippen molar-refractivity contribution in [3.05, 3.63) is 16.7 Å². The van der Waals surface area contributed by atoms with Crippen molar-refractivity contribution < 1.29 is 0 Å². The van der Waals surface area contributed by atoms with E-state index in [-0.39, 0.29) is 0 Å². The number of hydrogen-bond acceptors (Lipinski definition) is 1. The summed E-state index contributed by atoms with van der Waals surface area (Å²) < 4.78 is 3.13. The van der Waals surface area contributed by atoms with Gasteiger partial charge in [-0.15, -0.1) is 0 Å². The SMILES string of the molecule is CCCC1(Cn2c(C)c[nH]c2=S)CC1. The zero-order valence-electron chi connectivity index (χ0n) is 8.97. The van der Waals surface area contributed by atoms with E-state index in [0.29, 0.717) is 5.41 Å². The quantitative estimate of drug-likeness (QED) is 0.755. The standard InChI is InChI=1S/C11H18N2S/c1-3-4-11(5-6-11)8-13-9(2)7-12-10(13)14/h7H,3-6,8H2,1-2H3,(H,12,14). The minimum atomic E-state index is 0.583. The highest BCUT2D eigenvalue weighted by molar-refractivity contribution is 7.71. The topological polar surface area (TPSA) is 20.7 Å². The van der Waals surface area contributed by atoms with Crippen LogP contribution >= 0.6 is 12.2 Å². The molecule has 0 aliphatic heterocycles. The van der Waals surface area contributed by atoms with Crippen molar-refractivity contribution in [2.45, 2.75) is 46.1 Å². The van der Waals surface area contributed by atoms with Gasteiger partial charge in [0.05, 0.1) is 0 Å². The molecule has 0 bridgehead atoms. The first-order valence-electron chi connectivity index (χ1n) is 5.42. The largest absolute Gasteiger partial charge is 0.337 e. The number of nitrogens with zero attached hydrogens (tertiary/aromatic N) is 1. The molecule has 1 fully saturated rings. The molecule has 1 aromatic rings. The normalized spacial score (nSPS) is 18.4. The van der Waals surface area contributed by atoms with E-state index >= 15 is 0 Å². The van der Waals surface area contributed by atoms with Crippen molar-refractivity contribution >= 4 is 12.2 Å². The van der Waals surface area contributed by atoms with Crippen molar-refractivity contribution in [2.75, 3.05) is 0 Å². The lowest BCUT2D eigenvalue weighted by Gasteiger charge is -2.15. The molecule has 1 aliphatic rings. The van der Waals surface area contributed by atoms with Crippen LogP contribution in [0.1, 0.15) is 38.3 Å². The van der Waals surface area contributed by atoms with E-state index in [4.69, 9.17) is 12.2 Å². The maximum atomic E-state index is 5.26. The Labute approximate surface area is 90.3 Å². The highest BCUT2D eigenvalue weighted by Crippen LogP contribution is 2.51. The Morgan fingerprint density at radius 1 is 1.57 bits per heavy atom. The number of aryl methyl sites for hydroxylation is 1. The van der Waals surface area contributed by atoms with E-state index in [9.17, 15) is 0 Å². The van der Waals surface area contributed by atoms with Crippen LogP contribution in [-0.2, 0) is 6.54 Å². The van der Waals surface area contributed by atoms with Gasteiger partial charge in [-0.05, 0) is 43.8 Å².